The highest BCUT2D eigenvalue weighted by atomic mass is 32.2. The third-order valence-electron chi connectivity index (χ3n) is 3.99. The summed E-state index contributed by atoms with van der Waals surface area (Å²) >= 11 is 1.21. The summed E-state index contributed by atoms with van der Waals surface area (Å²) in [6.07, 6.45) is 1.23. The number of hydrogen-bond acceptors (Lipinski definition) is 5. The largest absolute Gasteiger partial charge is 0.481 e. The summed E-state index contributed by atoms with van der Waals surface area (Å²) in [6, 6.07) is 0.423. The maximum atomic E-state index is 10.6. The molecule has 112 valence electrons. The summed E-state index contributed by atoms with van der Waals surface area (Å²) < 4.78 is 1.90. The second-order valence-corrected chi connectivity index (χ2v) is 6.68. The second-order valence-electron chi connectivity index (χ2n) is 5.74. The van der Waals surface area contributed by atoms with Crippen molar-refractivity contribution in [3.05, 3.63) is 0 Å². The monoisotopic (exact) mass is 298 g/mol. The molecule has 2 rings (SSSR count). The standard InChI is InChI=1S/C13H22N4O2S/c1-8-5-9(2)10(3)17(6-8)12-14-15-13(16(12)4)20-7-11(18)19/h8-10H,5-7H2,1-4H3,(H,18,19). The SMILES string of the molecule is CC1CC(C)C(C)N(c2nnc(SCC(=O)O)n2C)C1. The molecule has 1 aliphatic heterocycles. The van der Waals surface area contributed by atoms with Crippen LogP contribution in [0.25, 0.3) is 0 Å². The van der Waals surface area contributed by atoms with E-state index in [0.717, 1.165) is 12.5 Å². The number of thioether (sulfide) groups is 1. The molecule has 0 spiro atoms. The van der Waals surface area contributed by atoms with Gasteiger partial charge in [0.05, 0.1) is 5.75 Å². The van der Waals surface area contributed by atoms with Gasteiger partial charge in [0.1, 0.15) is 0 Å². The summed E-state index contributed by atoms with van der Waals surface area (Å²) in [5.41, 5.74) is 0. The van der Waals surface area contributed by atoms with Gasteiger partial charge in [0.2, 0.25) is 5.95 Å². The predicted molar refractivity (Wildman–Crippen MR) is 79.1 cm³/mol. The molecule has 2 heterocycles. The predicted octanol–water partition coefficient (Wildman–Crippen LogP) is 1.86. The molecule has 7 heteroatoms. The van der Waals surface area contributed by atoms with Gasteiger partial charge in [-0.3, -0.25) is 9.36 Å². The average Bonchev–Trinajstić information content (AvgIpc) is 2.72. The van der Waals surface area contributed by atoms with Crippen molar-refractivity contribution < 1.29 is 9.90 Å². The number of aromatic nitrogens is 3. The molecular weight excluding hydrogens is 276 g/mol. The van der Waals surface area contributed by atoms with Gasteiger partial charge in [-0.15, -0.1) is 10.2 Å². The molecule has 0 amide bonds. The highest BCUT2D eigenvalue weighted by molar-refractivity contribution is 7.99. The van der Waals surface area contributed by atoms with Crippen molar-refractivity contribution in [1.82, 2.24) is 14.8 Å². The van der Waals surface area contributed by atoms with Crippen LogP contribution in [-0.4, -0.2) is 44.2 Å². The molecule has 3 atom stereocenters. The van der Waals surface area contributed by atoms with E-state index in [2.05, 4.69) is 35.9 Å². The maximum Gasteiger partial charge on any atom is 0.313 e. The lowest BCUT2D eigenvalue weighted by Crippen LogP contribution is -2.47. The molecular formula is C13H22N4O2S. The van der Waals surface area contributed by atoms with Gasteiger partial charge in [-0.2, -0.15) is 0 Å². The number of aliphatic carboxylic acids is 1. The number of carboxylic acid groups (broad SMARTS) is 1. The number of rotatable bonds is 4. The van der Waals surface area contributed by atoms with Gasteiger partial charge in [-0.1, -0.05) is 25.6 Å². The smallest absolute Gasteiger partial charge is 0.313 e. The molecule has 1 saturated heterocycles. The van der Waals surface area contributed by atoms with Crippen LogP contribution in [0.2, 0.25) is 0 Å². The van der Waals surface area contributed by atoms with E-state index >= 15 is 0 Å². The van der Waals surface area contributed by atoms with Crippen molar-refractivity contribution in [3.8, 4) is 0 Å². The molecule has 0 bridgehead atoms. The van der Waals surface area contributed by atoms with Gasteiger partial charge in [0.25, 0.3) is 0 Å². The van der Waals surface area contributed by atoms with Crippen LogP contribution >= 0.6 is 11.8 Å². The summed E-state index contributed by atoms with van der Waals surface area (Å²) in [6.45, 7) is 7.71. The Hall–Kier alpha value is -1.24. The van der Waals surface area contributed by atoms with Gasteiger partial charge in [-0.05, 0) is 25.2 Å². The molecule has 1 fully saturated rings. The van der Waals surface area contributed by atoms with E-state index in [4.69, 9.17) is 5.11 Å². The van der Waals surface area contributed by atoms with Crippen LogP contribution in [-0.2, 0) is 11.8 Å². The Balaban J connectivity index is 2.17. The Bertz CT molecular complexity index is 491. The van der Waals surface area contributed by atoms with E-state index in [1.165, 1.54) is 18.2 Å². The van der Waals surface area contributed by atoms with Crippen LogP contribution in [0.15, 0.2) is 5.16 Å². The first-order valence-corrected chi connectivity index (χ1v) is 7.89. The van der Waals surface area contributed by atoms with Crippen molar-refractivity contribution in [3.63, 3.8) is 0 Å². The summed E-state index contributed by atoms with van der Waals surface area (Å²) in [4.78, 5) is 12.9. The molecule has 6 nitrogen and oxygen atoms in total. The lowest BCUT2D eigenvalue weighted by molar-refractivity contribution is -0.133. The van der Waals surface area contributed by atoms with Gasteiger partial charge < -0.3 is 10.0 Å². The molecule has 1 aliphatic rings. The van der Waals surface area contributed by atoms with Crippen LogP contribution in [0, 0.1) is 11.8 Å². The van der Waals surface area contributed by atoms with Gasteiger partial charge in [-0.25, -0.2) is 0 Å². The van der Waals surface area contributed by atoms with E-state index < -0.39 is 5.97 Å². The van der Waals surface area contributed by atoms with E-state index in [1.807, 2.05) is 11.6 Å². The highest BCUT2D eigenvalue weighted by Crippen LogP contribution is 2.31. The Morgan fingerprint density at radius 2 is 2.10 bits per heavy atom. The van der Waals surface area contributed by atoms with Gasteiger partial charge >= 0.3 is 5.97 Å². The topological polar surface area (TPSA) is 71.2 Å². The minimum Gasteiger partial charge on any atom is -0.481 e. The van der Waals surface area contributed by atoms with Crippen molar-refractivity contribution in [1.29, 1.82) is 0 Å². The minimum absolute atomic E-state index is 0.00827. The van der Waals surface area contributed by atoms with Crippen LogP contribution in [0.3, 0.4) is 0 Å². The fraction of sp³-hybridized carbons (Fsp3) is 0.769. The first-order valence-electron chi connectivity index (χ1n) is 6.90. The minimum atomic E-state index is -0.840. The second kappa shape index (κ2) is 6.03. The first-order chi connectivity index (χ1) is 9.40. The van der Waals surface area contributed by atoms with Crippen LogP contribution in [0.5, 0.6) is 0 Å². The third kappa shape index (κ3) is 3.08. The van der Waals surface area contributed by atoms with Gasteiger partial charge in [0, 0.05) is 19.6 Å². The third-order valence-corrected chi connectivity index (χ3v) is 5.00. The number of carbonyl (C=O) groups is 1. The quantitative estimate of drug-likeness (QED) is 0.856. The molecule has 1 aromatic heterocycles. The summed E-state index contributed by atoms with van der Waals surface area (Å²) in [5, 5.41) is 17.8. The normalized spacial score (nSPS) is 26.8. The molecule has 0 saturated carbocycles. The number of anilines is 1. The first kappa shape index (κ1) is 15.2. The molecule has 20 heavy (non-hydrogen) atoms. The Morgan fingerprint density at radius 1 is 1.40 bits per heavy atom. The number of hydrogen-bond donors (Lipinski definition) is 1. The molecule has 0 aromatic carbocycles. The molecule has 1 N–H and O–H groups in total. The van der Waals surface area contributed by atoms with E-state index in [9.17, 15) is 4.79 Å². The Kier molecular flexibility index (Phi) is 4.57. The summed E-state index contributed by atoms with van der Waals surface area (Å²) in [7, 11) is 1.90. The molecule has 0 radical (unpaired) electrons. The number of piperidine rings is 1. The lowest BCUT2D eigenvalue weighted by atomic mass is 9.86. The zero-order valence-corrected chi connectivity index (χ0v) is 13.2. The highest BCUT2D eigenvalue weighted by Gasteiger charge is 2.31. The fourth-order valence-corrected chi connectivity index (χ4v) is 3.41. The van der Waals surface area contributed by atoms with E-state index in [-0.39, 0.29) is 5.75 Å². The average molecular weight is 298 g/mol. The van der Waals surface area contributed by atoms with E-state index in [0.29, 0.717) is 23.0 Å². The molecule has 1 aromatic rings. The summed E-state index contributed by atoms with van der Waals surface area (Å²) in [5.74, 6) is 1.25. The maximum absolute atomic E-state index is 10.6. The van der Waals surface area contributed by atoms with Crippen LogP contribution in [0.4, 0.5) is 5.95 Å². The van der Waals surface area contributed by atoms with Gasteiger partial charge in [0.15, 0.2) is 5.16 Å². The number of carboxylic acids is 1. The molecule has 0 aliphatic carbocycles. The Labute approximate surface area is 123 Å². The van der Waals surface area contributed by atoms with Crippen LogP contribution < -0.4 is 4.90 Å². The van der Waals surface area contributed by atoms with Crippen molar-refractivity contribution in [2.24, 2.45) is 18.9 Å². The lowest BCUT2D eigenvalue weighted by Gasteiger charge is -2.41. The zero-order valence-electron chi connectivity index (χ0n) is 12.4. The zero-order chi connectivity index (χ0) is 14.9. The van der Waals surface area contributed by atoms with Crippen molar-refractivity contribution in [2.75, 3.05) is 17.2 Å². The van der Waals surface area contributed by atoms with Crippen molar-refractivity contribution in [2.45, 2.75) is 38.4 Å². The number of nitrogens with zero attached hydrogens (tertiary/aromatic N) is 4. The van der Waals surface area contributed by atoms with E-state index in [1.54, 1.807) is 0 Å². The van der Waals surface area contributed by atoms with Crippen molar-refractivity contribution >= 4 is 23.7 Å². The molecule has 3 unspecified atom stereocenters. The fourth-order valence-electron chi connectivity index (χ4n) is 2.79. The Morgan fingerprint density at radius 3 is 2.75 bits per heavy atom. The van der Waals surface area contributed by atoms with Crippen LogP contribution in [0.1, 0.15) is 27.2 Å².